The van der Waals surface area contributed by atoms with Gasteiger partial charge in [-0.3, -0.25) is 4.79 Å². The van der Waals surface area contributed by atoms with Crippen molar-refractivity contribution in [3.8, 4) is 0 Å². The summed E-state index contributed by atoms with van der Waals surface area (Å²) in [4.78, 5) is 15.4. The van der Waals surface area contributed by atoms with Gasteiger partial charge in [0.2, 0.25) is 5.91 Å². The summed E-state index contributed by atoms with van der Waals surface area (Å²) in [6, 6.07) is 9.17. The van der Waals surface area contributed by atoms with Crippen molar-refractivity contribution in [1.82, 2.24) is 4.90 Å². The SMILES string of the molecule is O=C(N1CCc2cc(Cl)ccc2C1)C1(c2ccc(F)cc2F)CCOCC1. The molecule has 0 bridgehead atoms. The minimum Gasteiger partial charge on any atom is -0.381 e. The quantitative estimate of drug-likeness (QED) is 0.765. The predicted molar refractivity (Wildman–Crippen MR) is 98.7 cm³/mol. The first-order valence-electron chi connectivity index (χ1n) is 9.09. The van der Waals surface area contributed by atoms with Gasteiger partial charge in [-0.25, -0.2) is 8.78 Å². The van der Waals surface area contributed by atoms with Crippen LogP contribution in [0.15, 0.2) is 36.4 Å². The van der Waals surface area contributed by atoms with E-state index in [2.05, 4.69) is 0 Å². The molecule has 4 rings (SSSR count). The molecule has 0 atom stereocenters. The van der Waals surface area contributed by atoms with Crippen LogP contribution in [0.4, 0.5) is 8.78 Å². The van der Waals surface area contributed by atoms with E-state index < -0.39 is 17.0 Å². The van der Waals surface area contributed by atoms with Gasteiger partial charge in [0.1, 0.15) is 11.6 Å². The van der Waals surface area contributed by atoms with E-state index in [1.165, 1.54) is 12.1 Å². The molecule has 1 amide bonds. The van der Waals surface area contributed by atoms with Crippen molar-refractivity contribution >= 4 is 17.5 Å². The van der Waals surface area contributed by atoms with E-state index in [1.807, 2.05) is 18.2 Å². The van der Waals surface area contributed by atoms with E-state index >= 15 is 0 Å². The molecule has 0 N–H and O–H groups in total. The number of carbonyl (C=O) groups excluding carboxylic acids is 1. The van der Waals surface area contributed by atoms with Gasteiger partial charge in [-0.1, -0.05) is 23.7 Å². The molecule has 2 aromatic carbocycles. The van der Waals surface area contributed by atoms with Gasteiger partial charge in [-0.05, 0) is 48.6 Å². The first kappa shape index (κ1) is 18.4. The van der Waals surface area contributed by atoms with Gasteiger partial charge in [0.05, 0.1) is 5.41 Å². The average molecular weight is 392 g/mol. The van der Waals surface area contributed by atoms with Crippen LogP contribution in [0.5, 0.6) is 0 Å². The third kappa shape index (κ3) is 3.34. The Morgan fingerprint density at radius 3 is 2.59 bits per heavy atom. The number of ether oxygens (including phenoxy) is 1. The fourth-order valence-corrected chi connectivity index (χ4v) is 4.39. The van der Waals surface area contributed by atoms with E-state index in [-0.39, 0.29) is 11.5 Å². The normalized spacial score (nSPS) is 18.9. The smallest absolute Gasteiger partial charge is 0.233 e. The molecular weight excluding hydrogens is 372 g/mol. The van der Waals surface area contributed by atoms with Crippen LogP contribution >= 0.6 is 11.6 Å². The Morgan fingerprint density at radius 2 is 1.85 bits per heavy atom. The molecule has 27 heavy (non-hydrogen) atoms. The standard InChI is InChI=1S/C21H20ClF2NO2/c22-16-2-1-15-13-25(8-5-14(15)11-16)20(26)21(6-9-27-10-7-21)18-4-3-17(23)12-19(18)24/h1-4,11-12H,5-10,13H2. The summed E-state index contributed by atoms with van der Waals surface area (Å²) in [5.74, 6) is -1.43. The number of amides is 1. The summed E-state index contributed by atoms with van der Waals surface area (Å²) in [7, 11) is 0. The van der Waals surface area contributed by atoms with E-state index in [0.29, 0.717) is 50.6 Å². The zero-order valence-electron chi connectivity index (χ0n) is 14.8. The maximum absolute atomic E-state index is 14.6. The van der Waals surface area contributed by atoms with Crippen LogP contribution in [0.25, 0.3) is 0 Å². The number of benzene rings is 2. The highest BCUT2D eigenvalue weighted by atomic mass is 35.5. The van der Waals surface area contributed by atoms with Gasteiger partial charge in [-0.2, -0.15) is 0 Å². The molecular formula is C21H20ClF2NO2. The molecule has 0 unspecified atom stereocenters. The maximum Gasteiger partial charge on any atom is 0.233 e. The largest absolute Gasteiger partial charge is 0.381 e. The van der Waals surface area contributed by atoms with E-state index in [9.17, 15) is 13.6 Å². The summed E-state index contributed by atoms with van der Waals surface area (Å²) in [6.07, 6.45) is 1.48. The molecule has 2 heterocycles. The van der Waals surface area contributed by atoms with Crippen molar-refractivity contribution in [2.75, 3.05) is 19.8 Å². The molecule has 0 spiro atoms. The second kappa shape index (κ2) is 7.21. The van der Waals surface area contributed by atoms with Crippen LogP contribution in [0.2, 0.25) is 5.02 Å². The van der Waals surface area contributed by atoms with Crippen LogP contribution in [0.1, 0.15) is 29.5 Å². The Labute approximate surface area is 161 Å². The molecule has 2 aliphatic heterocycles. The monoisotopic (exact) mass is 391 g/mol. The summed E-state index contributed by atoms with van der Waals surface area (Å²) in [5.41, 5.74) is 1.44. The third-order valence-corrected chi connectivity index (χ3v) is 5.91. The van der Waals surface area contributed by atoms with Crippen LogP contribution < -0.4 is 0 Å². The lowest BCUT2D eigenvalue weighted by atomic mass is 9.72. The van der Waals surface area contributed by atoms with Crippen molar-refractivity contribution in [2.24, 2.45) is 0 Å². The number of halogens is 3. The second-order valence-corrected chi connectivity index (χ2v) is 7.64. The Kier molecular flexibility index (Phi) is 4.91. The first-order valence-corrected chi connectivity index (χ1v) is 9.47. The van der Waals surface area contributed by atoms with Crippen LogP contribution in [0.3, 0.4) is 0 Å². The summed E-state index contributed by atoms with van der Waals surface area (Å²) >= 11 is 6.06. The molecule has 142 valence electrons. The van der Waals surface area contributed by atoms with Gasteiger partial charge >= 0.3 is 0 Å². The number of carbonyl (C=O) groups is 1. The number of hydrogen-bond donors (Lipinski definition) is 0. The number of rotatable bonds is 2. The molecule has 3 nitrogen and oxygen atoms in total. The Balaban J connectivity index is 1.69. The van der Waals surface area contributed by atoms with Crippen molar-refractivity contribution in [3.05, 3.63) is 69.7 Å². The van der Waals surface area contributed by atoms with Gasteiger partial charge < -0.3 is 9.64 Å². The van der Waals surface area contributed by atoms with E-state index in [1.54, 1.807) is 4.90 Å². The van der Waals surface area contributed by atoms with E-state index in [4.69, 9.17) is 16.3 Å². The van der Waals surface area contributed by atoms with Gasteiger partial charge in [-0.15, -0.1) is 0 Å². The molecule has 1 saturated heterocycles. The molecule has 2 aromatic rings. The van der Waals surface area contributed by atoms with Crippen LogP contribution in [-0.2, 0) is 27.9 Å². The Bertz CT molecular complexity index is 880. The highest BCUT2D eigenvalue weighted by Crippen LogP contribution is 2.39. The molecule has 2 aliphatic rings. The second-order valence-electron chi connectivity index (χ2n) is 7.21. The van der Waals surface area contributed by atoms with Crippen LogP contribution in [-0.4, -0.2) is 30.6 Å². The fraction of sp³-hybridized carbons (Fsp3) is 0.381. The van der Waals surface area contributed by atoms with Crippen LogP contribution in [0, 0.1) is 11.6 Å². The Morgan fingerprint density at radius 1 is 1.07 bits per heavy atom. The summed E-state index contributed by atoms with van der Waals surface area (Å²) < 4.78 is 33.5. The zero-order chi connectivity index (χ0) is 19.0. The number of fused-ring (bicyclic) bond motifs is 1. The zero-order valence-corrected chi connectivity index (χ0v) is 15.6. The predicted octanol–water partition coefficient (Wildman–Crippen LogP) is 4.25. The van der Waals surface area contributed by atoms with Gasteiger partial charge in [0.15, 0.2) is 0 Å². The summed E-state index contributed by atoms with van der Waals surface area (Å²) in [5, 5.41) is 0.683. The lowest BCUT2D eigenvalue weighted by Gasteiger charge is -2.41. The highest BCUT2D eigenvalue weighted by Gasteiger charge is 2.46. The lowest BCUT2D eigenvalue weighted by molar-refractivity contribution is -0.142. The summed E-state index contributed by atoms with van der Waals surface area (Å²) in [6.45, 7) is 1.78. The lowest BCUT2D eigenvalue weighted by Crippen LogP contribution is -2.51. The molecule has 0 radical (unpaired) electrons. The average Bonchev–Trinajstić information content (AvgIpc) is 2.67. The van der Waals surface area contributed by atoms with Crippen molar-refractivity contribution in [1.29, 1.82) is 0 Å². The maximum atomic E-state index is 14.6. The van der Waals surface area contributed by atoms with Crippen molar-refractivity contribution in [3.63, 3.8) is 0 Å². The van der Waals surface area contributed by atoms with Gasteiger partial charge in [0.25, 0.3) is 0 Å². The van der Waals surface area contributed by atoms with Gasteiger partial charge in [0, 0.05) is 43.0 Å². The number of hydrogen-bond acceptors (Lipinski definition) is 2. The topological polar surface area (TPSA) is 29.5 Å². The minimum atomic E-state index is -1.01. The fourth-order valence-electron chi connectivity index (χ4n) is 4.19. The minimum absolute atomic E-state index is 0.114. The van der Waals surface area contributed by atoms with Crippen molar-refractivity contribution in [2.45, 2.75) is 31.2 Å². The van der Waals surface area contributed by atoms with Crippen molar-refractivity contribution < 1.29 is 18.3 Å². The molecule has 6 heteroatoms. The third-order valence-electron chi connectivity index (χ3n) is 5.67. The molecule has 0 saturated carbocycles. The molecule has 0 aromatic heterocycles. The Hall–Kier alpha value is -1.98. The molecule has 0 aliphatic carbocycles. The highest BCUT2D eigenvalue weighted by molar-refractivity contribution is 6.30. The van der Waals surface area contributed by atoms with E-state index in [0.717, 1.165) is 17.2 Å². The molecule has 1 fully saturated rings. The number of nitrogens with zero attached hydrogens (tertiary/aromatic N) is 1. The first-order chi connectivity index (χ1) is 13.0.